The van der Waals surface area contributed by atoms with E-state index in [1.165, 1.54) is 28.0 Å². The first-order chi connectivity index (χ1) is 23.0. The van der Waals surface area contributed by atoms with Crippen molar-refractivity contribution in [2.24, 2.45) is 11.8 Å². The maximum atomic E-state index is 11.7. The van der Waals surface area contributed by atoms with Gasteiger partial charge in [0.25, 0.3) is 0 Å². The number of pyridine rings is 2. The van der Waals surface area contributed by atoms with Crippen molar-refractivity contribution < 1.29 is 30.0 Å². The molecule has 253 valence electrons. The van der Waals surface area contributed by atoms with Crippen LogP contribution in [0.4, 0.5) is 0 Å². The SMILES string of the molecule is CCC(CC)C(=O)/C=C(\O)C(CC)CC.[Ir].[c-]1ccccc1-c1ccc(CCCCc2cnc(-c3[c-]cccc3)c3ccccc23)cn1. The minimum Gasteiger partial charge on any atom is -0.512 e. The van der Waals surface area contributed by atoms with Crippen LogP contribution in [-0.4, -0.2) is 20.9 Å². The summed E-state index contributed by atoms with van der Waals surface area (Å²) in [6.07, 6.45) is 13.3. The van der Waals surface area contributed by atoms with Gasteiger partial charge in [-0.15, -0.1) is 71.8 Å². The molecule has 0 unspecified atom stereocenters. The van der Waals surface area contributed by atoms with Crippen molar-refractivity contribution in [1.82, 2.24) is 9.97 Å². The fraction of sp³-hybridized carbons (Fsp3) is 0.326. The number of hydrogen-bond donors (Lipinski definition) is 1. The summed E-state index contributed by atoms with van der Waals surface area (Å²) in [6, 6.07) is 35.4. The van der Waals surface area contributed by atoms with Gasteiger partial charge in [-0.2, -0.15) is 0 Å². The molecule has 2 aromatic heterocycles. The molecule has 0 aliphatic carbocycles. The number of ketones is 1. The van der Waals surface area contributed by atoms with E-state index in [0.717, 1.165) is 73.9 Å². The summed E-state index contributed by atoms with van der Waals surface area (Å²) in [5.74, 6) is 0.547. The molecule has 0 amide bonds. The Morgan fingerprint density at radius 2 is 1.31 bits per heavy atom. The summed E-state index contributed by atoms with van der Waals surface area (Å²) in [5, 5.41) is 12.3. The van der Waals surface area contributed by atoms with Gasteiger partial charge in [0.15, 0.2) is 5.78 Å². The summed E-state index contributed by atoms with van der Waals surface area (Å²) in [5.41, 5.74) is 6.65. The van der Waals surface area contributed by atoms with Gasteiger partial charge >= 0.3 is 0 Å². The van der Waals surface area contributed by atoms with Crippen LogP contribution < -0.4 is 0 Å². The number of aliphatic hydroxyl groups is 1. The molecule has 5 aromatic rings. The number of carbonyl (C=O) groups is 1. The van der Waals surface area contributed by atoms with Crippen LogP contribution in [0.5, 0.6) is 0 Å². The van der Waals surface area contributed by atoms with Crippen molar-refractivity contribution in [3.63, 3.8) is 0 Å². The second-order valence-electron chi connectivity index (χ2n) is 12.0. The van der Waals surface area contributed by atoms with Gasteiger partial charge in [-0.1, -0.05) is 64.1 Å². The van der Waals surface area contributed by atoms with E-state index in [-0.39, 0.29) is 43.5 Å². The zero-order valence-corrected chi connectivity index (χ0v) is 31.1. The molecule has 4 nitrogen and oxygen atoms in total. The van der Waals surface area contributed by atoms with Crippen molar-refractivity contribution in [3.05, 3.63) is 132 Å². The first kappa shape index (κ1) is 38.5. The number of carbonyl (C=O) groups excluding carboxylic acids is 1. The number of aryl methyl sites for hydroxylation is 2. The number of benzene rings is 3. The predicted molar refractivity (Wildman–Crippen MR) is 195 cm³/mol. The Balaban J connectivity index is 0.000000334. The average Bonchev–Trinajstić information content (AvgIpc) is 3.12. The van der Waals surface area contributed by atoms with Gasteiger partial charge in [0, 0.05) is 50.4 Å². The topological polar surface area (TPSA) is 63.1 Å². The van der Waals surface area contributed by atoms with Gasteiger partial charge in [-0.25, -0.2) is 0 Å². The Hall–Kier alpha value is -3.92. The molecule has 2 heterocycles. The first-order valence-corrected chi connectivity index (χ1v) is 17.2. The number of rotatable bonds is 14. The van der Waals surface area contributed by atoms with Crippen molar-refractivity contribution in [1.29, 1.82) is 0 Å². The van der Waals surface area contributed by atoms with E-state index < -0.39 is 0 Å². The fourth-order valence-electron chi connectivity index (χ4n) is 5.91. The molecule has 48 heavy (non-hydrogen) atoms. The second-order valence-corrected chi connectivity index (χ2v) is 12.0. The summed E-state index contributed by atoms with van der Waals surface area (Å²) in [6.45, 7) is 8.07. The van der Waals surface area contributed by atoms with Crippen molar-refractivity contribution in [3.8, 4) is 22.5 Å². The molecule has 0 aliphatic rings. The van der Waals surface area contributed by atoms with Crippen LogP contribution in [0.1, 0.15) is 77.3 Å². The summed E-state index contributed by atoms with van der Waals surface area (Å²) in [7, 11) is 0. The number of allylic oxidation sites excluding steroid dienone is 2. The van der Waals surface area contributed by atoms with Gasteiger partial charge < -0.3 is 15.1 Å². The van der Waals surface area contributed by atoms with Crippen LogP contribution in [0.3, 0.4) is 0 Å². The molecular formula is C43H48IrN2O2-2. The molecular weight excluding hydrogens is 769 g/mol. The van der Waals surface area contributed by atoms with Gasteiger partial charge in [0.1, 0.15) is 0 Å². The third-order valence-corrected chi connectivity index (χ3v) is 8.90. The molecule has 0 bridgehead atoms. The fourth-order valence-corrected chi connectivity index (χ4v) is 5.91. The van der Waals surface area contributed by atoms with Crippen molar-refractivity contribution in [2.75, 3.05) is 0 Å². The maximum Gasteiger partial charge on any atom is 0.162 e. The van der Waals surface area contributed by atoms with E-state index >= 15 is 0 Å². The quantitative estimate of drug-likeness (QED) is 0.0525. The monoisotopic (exact) mass is 817 g/mol. The minimum atomic E-state index is 0. The second kappa shape index (κ2) is 20.4. The number of unbranched alkanes of at least 4 members (excludes halogenated alkanes) is 1. The van der Waals surface area contributed by atoms with E-state index in [1.807, 2.05) is 82.6 Å². The van der Waals surface area contributed by atoms with E-state index in [4.69, 9.17) is 4.98 Å². The van der Waals surface area contributed by atoms with Gasteiger partial charge in [0.05, 0.1) is 5.76 Å². The molecule has 0 saturated carbocycles. The third kappa shape index (κ3) is 10.8. The van der Waals surface area contributed by atoms with Crippen LogP contribution in [0.2, 0.25) is 0 Å². The Morgan fingerprint density at radius 1 is 0.708 bits per heavy atom. The number of aliphatic hydroxyl groups excluding tert-OH is 1. The zero-order chi connectivity index (χ0) is 33.4. The molecule has 3 aromatic carbocycles. The van der Waals surface area contributed by atoms with Crippen LogP contribution in [0, 0.1) is 24.0 Å². The molecule has 0 aliphatic heterocycles. The standard InChI is InChI=1S/C30H24N2.C13H24O2.Ir/c1-3-12-24(13-4-1)29-20-19-23(21-31-29)11-7-8-16-26-22-32-30(25-14-5-2-6-15-25)28-18-10-9-17-27(26)28;1-5-10(6-2)12(14)9-13(15)11(7-3)8-4;/h1-6,9-10,12,14,17-22H,7-8,11,16H2;9-11,14H,5-8H2,1-4H3;/q-2;;/b;12-9-;. The van der Waals surface area contributed by atoms with Crippen LogP contribution >= 0.6 is 0 Å². The van der Waals surface area contributed by atoms with Crippen LogP contribution in [0.25, 0.3) is 33.3 Å². The van der Waals surface area contributed by atoms with Gasteiger partial charge in [-0.05, 0) is 84.7 Å². The van der Waals surface area contributed by atoms with Crippen LogP contribution in [0.15, 0.2) is 109 Å². The molecule has 0 spiro atoms. The summed E-state index contributed by atoms with van der Waals surface area (Å²) >= 11 is 0. The summed E-state index contributed by atoms with van der Waals surface area (Å²) in [4.78, 5) is 21.1. The Labute approximate surface area is 301 Å². The van der Waals surface area contributed by atoms with Gasteiger partial charge in [0.2, 0.25) is 0 Å². The molecule has 0 saturated heterocycles. The van der Waals surface area contributed by atoms with Crippen molar-refractivity contribution >= 4 is 16.6 Å². The first-order valence-electron chi connectivity index (χ1n) is 17.2. The average molecular weight is 817 g/mol. The largest absolute Gasteiger partial charge is 0.512 e. The van der Waals surface area contributed by atoms with Crippen molar-refractivity contribution in [2.45, 2.75) is 79.1 Å². The normalized spacial score (nSPS) is 11.2. The molecule has 1 N–H and O–H groups in total. The number of aromatic nitrogens is 2. The Kier molecular flexibility index (Phi) is 16.4. The van der Waals surface area contributed by atoms with E-state index in [2.05, 4.69) is 59.6 Å². The number of fused-ring (bicyclic) bond motifs is 1. The maximum absolute atomic E-state index is 11.7. The summed E-state index contributed by atoms with van der Waals surface area (Å²) < 4.78 is 0. The number of nitrogens with zero attached hydrogens (tertiary/aromatic N) is 2. The molecule has 1 radical (unpaired) electrons. The van der Waals surface area contributed by atoms with E-state index in [9.17, 15) is 9.90 Å². The zero-order valence-electron chi connectivity index (χ0n) is 28.7. The molecule has 0 fully saturated rings. The molecule has 5 rings (SSSR count). The van der Waals surface area contributed by atoms with E-state index in [1.54, 1.807) is 0 Å². The van der Waals surface area contributed by atoms with E-state index in [0.29, 0.717) is 0 Å². The van der Waals surface area contributed by atoms with Crippen LogP contribution in [-0.2, 0) is 37.7 Å². The number of hydrogen-bond acceptors (Lipinski definition) is 4. The van der Waals surface area contributed by atoms with Gasteiger partial charge in [-0.3, -0.25) is 4.79 Å². The molecule has 5 heteroatoms. The Bertz CT molecular complexity index is 1690. The molecule has 0 atom stereocenters. The minimum absolute atomic E-state index is 0. The third-order valence-electron chi connectivity index (χ3n) is 8.90. The predicted octanol–water partition coefficient (Wildman–Crippen LogP) is 11.0. The Morgan fingerprint density at radius 3 is 1.90 bits per heavy atom. The smallest absolute Gasteiger partial charge is 0.162 e.